The van der Waals surface area contributed by atoms with E-state index in [0.717, 1.165) is 64.9 Å². The summed E-state index contributed by atoms with van der Waals surface area (Å²) in [6, 6.07) is 1.80. The lowest BCUT2D eigenvalue weighted by Gasteiger charge is -2.47. The number of hydrogen-bond donors (Lipinski definition) is 0. The fourth-order valence-electron chi connectivity index (χ4n) is 4.82. The predicted molar refractivity (Wildman–Crippen MR) is 100 cm³/mol. The van der Waals surface area contributed by atoms with Crippen molar-refractivity contribution < 1.29 is 14.3 Å². The number of carbonyl (C=O) groups is 2. The number of nitrogens with zero attached hydrogens (tertiary/aromatic N) is 4. The zero-order valence-corrected chi connectivity index (χ0v) is 16.2. The second-order valence-corrected chi connectivity index (χ2v) is 8.23. The smallest absolute Gasteiger partial charge is 0.272 e. The number of likely N-dealkylation sites (tertiary alicyclic amines) is 2. The van der Waals surface area contributed by atoms with Gasteiger partial charge in [0.25, 0.3) is 5.91 Å². The Hall–Kier alpha value is -1.89. The van der Waals surface area contributed by atoms with Crippen LogP contribution in [0, 0.1) is 5.41 Å². The fraction of sp³-hybridized carbons (Fsp3) is 0.750. The molecule has 1 aromatic heterocycles. The second kappa shape index (κ2) is 7.62. The van der Waals surface area contributed by atoms with Gasteiger partial charge in [-0.25, -0.2) is 0 Å². The molecule has 1 aromatic rings. The van der Waals surface area contributed by atoms with Gasteiger partial charge in [-0.1, -0.05) is 0 Å². The van der Waals surface area contributed by atoms with Crippen molar-refractivity contribution in [2.24, 2.45) is 5.41 Å². The summed E-state index contributed by atoms with van der Waals surface area (Å²) in [5.41, 5.74) is 0.834. The average Bonchev–Trinajstić information content (AvgIpc) is 3.36. The molecule has 1 atom stereocenters. The standard InChI is InChI=1S/C20H30N4O3/c1-2-24-17(6-10-21-24)19(26)22-11-8-20(9-12-22)7-5-18(25)23(15-20)14-16-4-3-13-27-16/h6,10,16H,2-5,7-9,11-15H2,1H3. The Morgan fingerprint density at radius 1 is 1.33 bits per heavy atom. The summed E-state index contributed by atoms with van der Waals surface area (Å²) < 4.78 is 7.50. The highest BCUT2D eigenvalue weighted by Crippen LogP contribution is 2.40. The van der Waals surface area contributed by atoms with E-state index >= 15 is 0 Å². The SMILES string of the molecule is CCn1nccc1C(=O)N1CCC2(CCC(=O)N(CC3CCCO3)C2)CC1. The predicted octanol–water partition coefficient (Wildman–Crippen LogP) is 1.93. The molecule has 4 rings (SSSR count). The van der Waals surface area contributed by atoms with Gasteiger partial charge in [-0.2, -0.15) is 5.10 Å². The first-order chi connectivity index (χ1) is 13.1. The van der Waals surface area contributed by atoms with Gasteiger partial charge in [0.2, 0.25) is 5.91 Å². The normalized spacial score (nSPS) is 25.4. The van der Waals surface area contributed by atoms with Gasteiger partial charge >= 0.3 is 0 Å². The van der Waals surface area contributed by atoms with Crippen LogP contribution in [0.2, 0.25) is 0 Å². The molecule has 0 aliphatic carbocycles. The van der Waals surface area contributed by atoms with Crippen LogP contribution in [0.4, 0.5) is 0 Å². The van der Waals surface area contributed by atoms with Crippen molar-refractivity contribution in [3.05, 3.63) is 18.0 Å². The van der Waals surface area contributed by atoms with E-state index in [1.165, 1.54) is 0 Å². The first kappa shape index (κ1) is 18.5. The first-order valence-corrected chi connectivity index (χ1v) is 10.3. The molecule has 2 amide bonds. The first-order valence-electron chi connectivity index (χ1n) is 10.3. The van der Waals surface area contributed by atoms with E-state index in [2.05, 4.69) is 5.10 Å². The van der Waals surface area contributed by atoms with Crippen molar-refractivity contribution in [2.45, 2.75) is 58.1 Å². The molecule has 3 aliphatic heterocycles. The summed E-state index contributed by atoms with van der Waals surface area (Å²) >= 11 is 0. The molecule has 4 heterocycles. The van der Waals surface area contributed by atoms with Crippen molar-refractivity contribution in [3.8, 4) is 0 Å². The molecule has 0 bridgehead atoms. The number of hydrogen-bond acceptors (Lipinski definition) is 4. The summed E-state index contributed by atoms with van der Waals surface area (Å²) in [6.45, 7) is 6.59. The van der Waals surface area contributed by atoms with Crippen LogP contribution < -0.4 is 0 Å². The molecule has 148 valence electrons. The van der Waals surface area contributed by atoms with Gasteiger partial charge in [0.1, 0.15) is 5.69 Å². The van der Waals surface area contributed by atoms with E-state index in [0.29, 0.717) is 18.7 Å². The number of amides is 2. The largest absolute Gasteiger partial charge is 0.376 e. The molecule has 0 radical (unpaired) electrons. The maximum absolute atomic E-state index is 12.8. The molecule has 1 spiro atoms. The number of rotatable bonds is 4. The lowest BCUT2D eigenvalue weighted by Crippen LogP contribution is -2.53. The lowest BCUT2D eigenvalue weighted by atomic mass is 9.72. The molecule has 0 N–H and O–H groups in total. The van der Waals surface area contributed by atoms with Gasteiger partial charge < -0.3 is 14.5 Å². The fourth-order valence-corrected chi connectivity index (χ4v) is 4.82. The van der Waals surface area contributed by atoms with Crippen LogP contribution in [0.15, 0.2) is 12.3 Å². The maximum Gasteiger partial charge on any atom is 0.272 e. The van der Waals surface area contributed by atoms with Gasteiger partial charge in [-0.05, 0) is 50.5 Å². The number of piperidine rings is 2. The van der Waals surface area contributed by atoms with Gasteiger partial charge in [0, 0.05) is 51.9 Å². The Balaban J connectivity index is 1.37. The molecular weight excluding hydrogens is 344 g/mol. The molecule has 0 saturated carbocycles. The minimum Gasteiger partial charge on any atom is -0.376 e. The van der Waals surface area contributed by atoms with Crippen molar-refractivity contribution in [1.29, 1.82) is 0 Å². The maximum atomic E-state index is 12.8. The molecular formula is C20H30N4O3. The minimum atomic E-state index is 0.0762. The Morgan fingerprint density at radius 2 is 2.15 bits per heavy atom. The summed E-state index contributed by atoms with van der Waals surface area (Å²) in [6.07, 6.45) is 7.57. The Labute approximate surface area is 160 Å². The Bertz CT molecular complexity index is 687. The third-order valence-corrected chi connectivity index (χ3v) is 6.54. The van der Waals surface area contributed by atoms with Crippen molar-refractivity contribution in [3.63, 3.8) is 0 Å². The number of carbonyl (C=O) groups excluding carboxylic acids is 2. The highest BCUT2D eigenvalue weighted by Gasteiger charge is 2.42. The highest BCUT2D eigenvalue weighted by molar-refractivity contribution is 5.92. The highest BCUT2D eigenvalue weighted by atomic mass is 16.5. The van der Waals surface area contributed by atoms with Crippen LogP contribution in [-0.2, 0) is 16.1 Å². The van der Waals surface area contributed by atoms with E-state index in [1.807, 2.05) is 16.7 Å². The Kier molecular flexibility index (Phi) is 5.21. The van der Waals surface area contributed by atoms with Crippen molar-refractivity contribution >= 4 is 11.8 Å². The molecule has 3 saturated heterocycles. The zero-order chi connectivity index (χ0) is 18.9. The molecule has 3 aliphatic rings. The molecule has 7 heteroatoms. The van der Waals surface area contributed by atoms with Gasteiger partial charge in [-0.15, -0.1) is 0 Å². The second-order valence-electron chi connectivity index (χ2n) is 8.23. The van der Waals surface area contributed by atoms with Crippen LogP contribution in [0.5, 0.6) is 0 Å². The van der Waals surface area contributed by atoms with E-state index in [1.54, 1.807) is 16.9 Å². The molecule has 3 fully saturated rings. The van der Waals surface area contributed by atoms with Gasteiger partial charge in [0.15, 0.2) is 0 Å². The lowest BCUT2D eigenvalue weighted by molar-refractivity contribution is -0.141. The van der Waals surface area contributed by atoms with Crippen LogP contribution in [0.3, 0.4) is 0 Å². The van der Waals surface area contributed by atoms with E-state index in [9.17, 15) is 9.59 Å². The topological polar surface area (TPSA) is 67.7 Å². The van der Waals surface area contributed by atoms with E-state index in [4.69, 9.17) is 4.74 Å². The summed E-state index contributed by atoms with van der Waals surface area (Å²) in [4.78, 5) is 29.2. The number of aryl methyl sites for hydroxylation is 1. The van der Waals surface area contributed by atoms with Crippen molar-refractivity contribution in [1.82, 2.24) is 19.6 Å². The van der Waals surface area contributed by atoms with Crippen molar-refractivity contribution in [2.75, 3.05) is 32.8 Å². The van der Waals surface area contributed by atoms with Crippen LogP contribution >= 0.6 is 0 Å². The summed E-state index contributed by atoms with van der Waals surface area (Å²) in [5.74, 6) is 0.341. The quantitative estimate of drug-likeness (QED) is 0.808. The van der Waals surface area contributed by atoms with E-state index < -0.39 is 0 Å². The summed E-state index contributed by atoms with van der Waals surface area (Å²) in [5, 5.41) is 4.21. The zero-order valence-electron chi connectivity index (χ0n) is 16.2. The van der Waals surface area contributed by atoms with Gasteiger partial charge in [0.05, 0.1) is 6.10 Å². The van der Waals surface area contributed by atoms with Crippen LogP contribution in [-0.4, -0.2) is 70.3 Å². The monoisotopic (exact) mass is 374 g/mol. The Morgan fingerprint density at radius 3 is 2.85 bits per heavy atom. The average molecular weight is 374 g/mol. The van der Waals surface area contributed by atoms with Crippen LogP contribution in [0.1, 0.15) is 55.9 Å². The number of ether oxygens (including phenoxy) is 1. The summed E-state index contributed by atoms with van der Waals surface area (Å²) in [7, 11) is 0. The van der Waals surface area contributed by atoms with E-state index in [-0.39, 0.29) is 23.3 Å². The minimum absolute atomic E-state index is 0.0762. The van der Waals surface area contributed by atoms with Crippen LogP contribution in [0.25, 0.3) is 0 Å². The van der Waals surface area contributed by atoms with Gasteiger partial charge in [-0.3, -0.25) is 14.3 Å². The third kappa shape index (κ3) is 3.74. The molecule has 1 unspecified atom stereocenters. The molecule has 0 aromatic carbocycles. The molecule has 7 nitrogen and oxygen atoms in total. The number of aromatic nitrogens is 2. The molecule has 27 heavy (non-hydrogen) atoms. The third-order valence-electron chi connectivity index (χ3n) is 6.54.